The minimum Gasteiger partial charge on any atom is -0.341 e. The van der Waals surface area contributed by atoms with Gasteiger partial charge in [-0.25, -0.2) is 0 Å². The number of benzene rings is 1. The van der Waals surface area contributed by atoms with E-state index in [1.807, 2.05) is 51.1 Å². The Balaban J connectivity index is 2.54. The lowest BCUT2D eigenvalue weighted by Gasteiger charge is -2.35. The largest absolute Gasteiger partial charge is 0.341 e. The fraction of sp³-hybridized carbons (Fsp3) is 0.529. The highest BCUT2D eigenvalue weighted by Crippen LogP contribution is 2.14. The van der Waals surface area contributed by atoms with E-state index >= 15 is 0 Å². The molecule has 0 unspecified atom stereocenters. The summed E-state index contributed by atoms with van der Waals surface area (Å²) in [6, 6.07) is 9.89. The quantitative estimate of drug-likeness (QED) is 0.836. The number of hydrogen-bond donors (Lipinski definition) is 0. The number of carbonyl (C=O) groups excluding carboxylic acids is 2. The molecule has 1 aromatic carbocycles. The van der Waals surface area contributed by atoms with Gasteiger partial charge in [-0.1, -0.05) is 30.3 Å². The van der Waals surface area contributed by atoms with Crippen molar-refractivity contribution in [2.45, 2.75) is 46.2 Å². The summed E-state index contributed by atoms with van der Waals surface area (Å²) < 4.78 is 0. The number of carbonyl (C=O) groups is 2. The van der Waals surface area contributed by atoms with Crippen LogP contribution in [0.15, 0.2) is 30.3 Å². The Kier molecular flexibility index (Phi) is 5.94. The second kappa shape index (κ2) is 7.25. The van der Waals surface area contributed by atoms with Crippen molar-refractivity contribution in [3.05, 3.63) is 35.9 Å². The van der Waals surface area contributed by atoms with E-state index in [9.17, 15) is 9.59 Å². The van der Waals surface area contributed by atoms with Crippen molar-refractivity contribution in [2.75, 3.05) is 13.6 Å². The summed E-state index contributed by atoms with van der Waals surface area (Å²) in [4.78, 5) is 27.3. The zero-order valence-electron chi connectivity index (χ0n) is 13.7. The van der Waals surface area contributed by atoms with Crippen LogP contribution in [0.4, 0.5) is 0 Å². The van der Waals surface area contributed by atoms with Crippen molar-refractivity contribution in [1.82, 2.24) is 9.80 Å². The second-order valence-electron chi connectivity index (χ2n) is 6.33. The van der Waals surface area contributed by atoms with Gasteiger partial charge in [-0.05, 0) is 26.3 Å². The predicted molar refractivity (Wildman–Crippen MR) is 84.7 cm³/mol. The third-order valence-electron chi connectivity index (χ3n) is 3.43. The van der Waals surface area contributed by atoms with E-state index in [2.05, 4.69) is 0 Å². The van der Waals surface area contributed by atoms with Gasteiger partial charge in [0.15, 0.2) is 0 Å². The van der Waals surface area contributed by atoms with Crippen LogP contribution in [-0.2, 0) is 16.1 Å². The molecule has 0 aliphatic heterocycles. The summed E-state index contributed by atoms with van der Waals surface area (Å²) in [7, 11) is 1.80. The minimum atomic E-state index is -0.260. The molecule has 2 amide bonds. The first kappa shape index (κ1) is 17.2. The van der Waals surface area contributed by atoms with Crippen LogP contribution in [0.3, 0.4) is 0 Å². The Bertz CT molecular complexity index is 477. The van der Waals surface area contributed by atoms with E-state index in [-0.39, 0.29) is 17.4 Å². The molecule has 4 heteroatoms. The van der Waals surface area contributed by atoms with Crippen LogP contribution in [0.5, 0.6) is 0 Å². The molecule has 116 valence electrons. The van der Waals surface area contributed by atoms with Crippen molar-refractivity contribution in [2.24, 2.45) is 0 Å². The summed E-state index contributed by atoms with van der Waals surface area (Å²) in [5.41, 5.74) is 0.844. The van der Waals surface area contributed by atoms with Crippen LogP contribution in [0.1, 0.15) is 39.7 Å². The third-order valence-corrected chi connectivity index (χ3v) is 3.43. The molecule has 0 saturated heterocycles. The number of nitrogens with zero attached hydrogens (tertiary/aromatic N) is 2. The number of hydrogen-bond acceptors (Lipinski definition) is 2. The van der Waals surface area contributed by atoms with Crippen LogP contribution in [0.25, 0.3) is 0 Å². The molecule has 0 atom stereocenters. The van der Waals surface area contributed by atoms with Crippen LogP contribution in [-0.4, -0.2) is 40.7 Å². The lowest BCUT2D eigenvalue weighted by molar-refractivity contribution is -0.136. The normalized spacial score (nSPS) is 11.1. The molecule has 0 saturated carbocycles. The Morgan fingerprint density at radius 2 is 1.67 bits per heavy atom. The Labute approximate surface area is 127 Å². The van der Waals surface area contributed by atoms with Gasteiger partial charge in [0, 0.05) is 39.0 Å². The van der Waals surface area contributed by atoms with Gasteiger partial charge in [0.25, 0.3) is 0 Å². The molecule has 0 bridgehead atoms. The maximum absolute atomic E-state index is 12.2. The Morgan fingerprint density at radius 1 is 1.10 bits per heavy atom. The van der Waals surface area contributed by atoms with E-state index in [0.29, 0.717) is 19.5 Å². The highest BCUT2D eigenvalue weighted by Gasteiger charge is 2.24. The monoisotopic (exact) mass is 290 g/mol. The van der Waals surface area contributed by atoms with Gasteiger partial charge >= 0.3 is 0 Å². The first-order chi connectivity index (χ1) is 9.71. The molecule has 0 heterocycles. The molecule has 0 radical (unpaired) electrons. The highest BCUT2D eigenvalue weighted by atomic mass is 16.2. The molecule has 0 aromatic heterocycles. The van der Waals surface area contributed by atoms with Crippen molar-refractivity contribution in [3.63, 3.8) is 0 Å². The number of amides is 2. The summed E-state index contributed by atoms with van der Waals surface area (Å²) in [6.07, 6.45) is 0.347. The van der Waals surface area contributed by atoms with E-state index in [1.165, 1.54) is 0 Å². The Hall–Kier alpha value is -1.84. The van der Waals surface area contributed by atoms with E-state index in [4.69, 9.17) is 0 Å². The molecule has 0 aliphatic carbocycles. The van der Waals surface area contributed by atoms with E-state index in [1.54, 1.807) is 23.8 Å². The van der Waals surface area contributed by atoms with E-state index < -0.39 is 0 Å². The zero-order valence-corrected chi connectivity index (χ0v) is 13.7. The molecular weight excluding hydrogens is 264 g/mol. The van der Waals surface area contributed by atoms with Crippen molar-refractivity contribution < 1.29 is 9.59 Å². The molecule has 21 heavy (non-hydrogen) atoms. The highest BCUT2D eigenvalue weighted by molar-refractivity contribution is 5.78. The maximum Gasteiger partial charge on any atom is 0.224 e. The molecule has 0 N–H and O–H groups in total. The molecule has 4 nitrogen and oxygen atoms in total. The molecule has 1 rings (SSSR count). The first-order valence-electron chi connectivity index (χ1n) is 7.28. The van der Waals surface area contributed by atoms with Crippen LogP contribution < -0.4 is 0 Å². The van der Waals surface area contributed by atoms with Gasteiger partial charge in [0.05, 0.1) is 0 Å². The van der Waals surface area contributed by atoms with E-state index in [0.717, 1.165) is 5.56 Å². The molecule has 1 aromatic rings. The summed E-state index contributed by atoms with van der Waals surface area (Å²) in [5.74, 6) is 0.0513. The van der Waals surface area contributed by atoms with Gasteiger partial charge in [-0.15, -0.1) is 0 Å². The Morgan fingerprint density at radius 3 is 2.14 bits per heavy atom. The average Bonchev–Trinajstić information content (AvgIpc) is 2.37. The lowest BCUT2D eigenvalue weighted by Crippen LogP contribution is -2.46. The molecular formula is C17H26N2O2. The SMILES string of the molecule is CC(=O)N(CCC(=O)N(C)Cc1ccccc1)C(C)(C)C. The third kappa shape index (κ3) is 5.58. The maximum atomic E-state index is 12.2. The molecule has 0 spiro atoms. The van der Waals surface area contributed by atoms with Gasteiger partial charge in [0.2, 0.25) is 11.8 Å². The van der Waals surface area contributed by atoms with Gasteiger partial charge < -0.3 is 9.80 Å². The summed E-state index contributed by atoms with van der Waals surface area (Å²) in [6.45, 7) is 8.53. The van der Waals surface area contributed by atoms with Gasteiger partial charge in [-0.2, -0.15) is 0 Å². The second-order valence-corrected chi connectivity index (χ2v) is 6.33. The zero-order chi connectivity index (χ0) is 16.0. The van der Waals surface area contributed by atoms with Gasteiger partial charge in [-0.3, -0.25) is 9.59 Å². The summed E-state index contributed by atoms with van der Waals surface area (Å²) in [5, 5.41) is 0. The van der Waals surface area contributed by atoms with Gasteiger partial charge in [0.1, 0.15) is 0 Å². The minimum absolute atomic E-state index is 0.000937. The smallest absolute Gasteiger partial charge is 0.224 e. The molecule has 0 aliphatic rings. The fourth-order valence-electron chi connectivity index (χ4n) is 2.31. The van der Waals surface area contributed by atoms with Crippen LogP contribution in [0.2, 0.25) is 0 Å². The lowest BCUT2D eigenvalue weighted by atomic mass is 10.1. The molecule has 0 fully saturated rings. The first-order valence-corrected chi connectivity index (χ1v) is 7.28. The van der Waals surface area contributed by atoms with Crippen molar-refractivity contribution >= 4 is 11.8 Å². The topological polar surface area (TPSA) is 40.6 Å². The van der Waals surface area contributed by atoms with Crippen molar-refractivity contribution in [3.8, 4) is 0 Å². The van der Waals surface area contributed by atoms with Crippen LogP contribution >= 0.6 is 0 Å². The average molecular weight is 290 g/mol. The predicted octanol–water partition coefficient (Wildman–Crippen LogP) is 2.68. The fourth-order valence-corrected chi connectivity index (χ4v) is 2.31. The standard InChI is InChI=1S/C17H26N2O2/c1-14(20)19(17(2,3)4)12-11-16(21)18(5)13-15-9-7-6-8-10-15/h6-10H,11-13H2,1-5H3. The number of rotatable bonds is 5. The van der Waals surface area contributed by atoms with Crippen LogP contribution in [0, 0.1) is 0 Å². The summed E-state index contributed by atoms with van der Waals surface area (Å²) >= 11 is 0. The van der Waals surface area contributed by atoms with Crippen molar-refractivity contribution in [1.29, 1.82) is 0 Å².